The molecule has 0 aliphatic rings. The monoisotopic (exact) mass is 373 g/mol. The molecule has 1 N–H and O–H groups in total. The number of rotatable bonds is 5. The summed E-state index contributed by atoms with van der Waals surface area (Å²) in [5.41, 5.74) is 3.53. The summed E-state index contributed by atoms with van der Waals surface area (Å²) in [6.45, 7) is 3.96. The summed E-state index contributed by atoms with van der Waals surface area (Å²) in [7, 11) is 3.03. The number of amides is 1. The lowest BCUT2D eigenvalue weighted by Gasteiger charge is -2.13. The Hall–Kier alpha value is -2.73. The van der Waals surface area contributed by atoms with E-state index in [1.807, 2.05) is 32.2 Å². The topological polar surface area (TPSA) is 64.9 Å². The highest BCUT2D eigenvalue weighted by atomic mass is 35.5. The molecule has 1 amide bonds. The summed E-state index contributed by atoms with van der Waals surface area (Å²) in [6, 6.07) is 7.13. The predicted molar refractivity (Wildman–Crippen MR) is 102 cm³/mol. The van der Waals surface area contributed by atoms with E-state index in [-0.39, 0.29) is 5.91 Å². The van der Waals surface area contributed by atoms with Gasteiger partial charge < -0.3 is 14.8 Å². The number of pyridine rings is 1. The van der Waals surface area contributed by atoms with Crippen molar-refractivity contribution in [2.75, 3.05) is 19.5 Å². The Morgan fingerprint density at radius 1 is 1.23 bits per heavy atom. The van der Waals surface area contributed by atoms with E-state index in [1.165, 1.54) is 14.2 Å². The molecule has 0 spiro atoms. The summed E-state index contributed by atoms with van der Waals surface area (Å²) in [4.78, 5) is 17.6. The molecule has 2 aromatic heterocycles. The highest BCUT2D eigenvalue weighted by Crippen LogP contribution is 2.36. The Kier molecular flexibility index (Phi) is 5.04. The molecule has 3 aromatic rings. The number of nitrogens with zero attached hydrogens (tertiary/aromatic N) is 2. The fraction of sp³-hybridized carbons (Fsp3) is 0.263. The summed E-state index contributed by atoms with van der Waals surface area (Å²) >= 11 is 6.13. The number of nitrogens with one attached hydrogen (secondary N) is 1. The molecule has 7 heteroatoms. The van der Waals surface area contributed by atoms with Crippen LogP contribution in [0.5, 0.6) is 11.5 Å². The molecule has 0 saturated heterocycles. The average molecular weight is 374 g/mol. The molecule has 0 saturated carbocycles. The van der Waals surface area contributed by atoms with Crippen molar-refractivity contribution in [3.05, 3.63) is 52.4 Å². The number of methoxy groups -OCH3 is 2. The molecule has 136 valence electrons. The Balaban J connectivity index is 2.05. The highest BCUT2D eigenvalue weighted by Gasteiger charge is 2.20. The van der Waals surface area contributed by atoms with Gasteiger partial charge in [0, 0.05) is 18.3 Å². The summed E-state index contributed by atoms with van der Waals surface area (Å²) in [6.07, 6.45) is 2.50. The van der Waals surface area contributed by atoms with Gasteiger partial charge in [-0.25, -0.2) is 4.98 Å². The molecule has 0 fully saturated rings. The molecule has 3 rings (SSSR count). The normalized spacial score (nSPS) is 10.8. The lowest BCUT2D eigenvalue weighted by Crippen LogP contribution is -2.17. The van der Waals surface area contributed by atoms with Crippen molar-refractivity contribution in [2.45, 2.75) is 20.3 Å². The minimum Gasteiger partial charge on any atom is -0.495 e. The zero-order valence-corrected chi connectivity index (χ0v) is 15.8. The van der Waals surface area contributed by atoms with E-state index < -0.39 is 0 Å². The van der Waals surface area contributed by atoms with Gasteiger partial charge in [-0.2, -0.15) is 0 Å². The largest absolute Gasteiger partial charge is 0.495 e. The number of fused-ring (bicyclic) bond motifs is 1. The van der Waals surface area contributed by atoms with Gasteiger partial charge in [-0.3, -0.25) is 9.20 Å². The quantitative estimate of drug-likeness (QED) is 0.730. The number of ether oxygens (including phenoxy) is 2. The number of imidazole rings is 1. The number of benzene rings is 1. The van der Waals surface area contributed by atoms with Crippen LogP contribution in [0.3, 0.4) is 0 Å². The van der Waals surface area contributed by atoms with Crippen LogP contribution in [-0.4, -0.2) is 29.5 Å². The number of halogens is 1. The van der Waals surface area contributed by atoms with Gasteiger partial charge in [-0.15, -0.1) is 0 Å². The van der Waals surface area contributed by atoms with Gasteiger partial charge in [-0.05, 0) is 31.0 Å². The van der Waals surface area contributed by atoms with E-state index in [2.05, 4.69) is 10.3 Å². The van der Waals surface area contributed by atoms with E-state index in [9.17, 15) is 4.79 Å². The molecule has 26 heavy (non-hydrogen) atoms. The molecular weight excluding hydrogens is 354 g/mol. The summed E-state index contributed by atoms with van der Waals surface area (Å²) in [5, 5.41) is 3.29. The Labute approximate surface area is 156 Å². The molecular formula is C19H20ClN3O3. The van der Waals surface area contributed by atoms with E-state index in [4.69, 9.17) is 21.1 Å². The molecule has 1 aromatic carbocycles. The molecule has 0 atom stereocenters. The first-order chi connectivity index (χ1) is 12.5. The zero-order chi connectivity index (χ0) is 18.8. The number of anilines is 1. The maximum absolute atomic E-state index is 13.0. The van der Waals surface area contributed by atoms with Crippen LogP contribution in [0.15, 0.2) is 30.5 Å². The molecule has 0 aliphatic carbocycles. The lowest BCUT2D eigenvalue weighted by molar-refractivity contribution is 0.102. The maximum Gasteiger partial charge on any atom is 0.274 e. The van der Waals surface area contributed by atoms with Gasteiger partial charge >= 0.3 is 0 Å². The van der Waals surface area contributed by atoms with E-state index >= 15 is 0 Å². The van der Waals surface area contributed by atoms with Crippen LogP contribution in [-0.2, 0) is 6.42 Å². The van der Waals surface area contributed by atoms with Crippen LogP contribution in [0.2, 0.25) is 5.02 Å². The minimum absolute atomic E-state index is 0.277. The first-order valence-electron chi connectivity index (χ1n) is 8.19. The van der Waals surface area contributed by atoms with Crippen LogP contribution in [0, 0.1) is 6.92 Å². The maximum atomic E-state index is 13.0. The lowest BCUT2D eigenvalue weighted by atomic mass is 10.2. The second kappa shape index (κ2) is 7.25. The number of hydrogen-bond donors (Lipinski definition) is 1. The first-order valence-corrected chi connectivity index (χ1v) is 8.56. The van der Waals surface area contributed by atoms with Gasteiger partial charge in [0.05, 0.1) is 30.6 Å². The standard InChI is InChI=1S/C19H20ClN3O3/c1-5-13-18(23-7-6-11(2)8-17(23)21-13)19(24)22-14-10-15(25-3)12(20)9-16(14)26-4/h6-10H,5H2,1-4H3,(H,22,24). The third-order valence-corrected chi connectivity index (χ3v) is 4.42. The van der Waals surface area contributed by atoms with E-state index in [0.717, 1.165) is 16.9 Å². The van der Waals surface area contributed by atoms with E-state index in [0.29, 0.717) is 34.3 Å². The molecule has 0 unspecified atom stereocenters. The second-order valence-corrected chi connectivity index (χ2v) is 6.24. The van der Waals surface area contributed by atoms with Crippen molar-refractivity contribution in [1.82, 2.24) is 9.38 Å². The minimum atomic E-state index is -0.277. The van der Waals surface area contributed by atoms with Crippen LogP contribution in [0.25, 0.3) is 5.65 Å². The van der Waals surface area contributed by atoms with Gasteiger partial charge in [0.1, 0.15) is 22.8 Å². The third kappa shape index (κ3) is 3.20. The molecule has 6 nitrogen and oxygen atoms in total. The first kappa shape index (κ1) is 18.1. The summed E-state index contributed by atoms with van der Waals surface area (Å²) < 4.78 is 12.3. The van der Waals surface area contributed by atoms with Crippen LogP contribution < -0.4 is 14.8 Å². The zero-order valence-electron chi connectivity index (χ0n) is 15.1. The molecule has 2 heterocycles. The van der Waals surface area contributed by atoms with Crippen molar-refractivity contribution in [3.63, 3.8) is 0 Å². The Morgan fingerprint density at radius 3 is 2.62 bits per heavy atom. The van der Waals surface area contributed by atoms with Crippen molar-refractivity contribution in [3.8, 4) is 11.5 Å². The smallest absolute Gasteiger partial charge is 0.274 e. The average Bonchev–Trinajstić information content (AvgIpc) is 3.00. The Morgan fingerprint density at radius 2 is 1.96 bits per heavy atom. The number of aryl methyl sites for hydroxylation is 2. The summed E-state index contributed by atoms with van der Waals surface area (Å²) in [5.74, 6) is 0.625. The van der Waals surface area contributed by atoms with Gasteiger partial charge in [-0.1, -0.05) is 18.5 Å². The molecule has 0 aliphatic heterocycles. The number of carbonyl (C=O) groups is 1. The van der Waals surface area contributed by atoms with Gasteiger partial charge in [0.15, 0.2) is 0 Å². The second-order valence-electron chi connectivity index (χ2n) is 5.83. The predicted octanol–water partition coefficient (Wildman–Crippen LogP) is 4.13. The fourth-order valence-electron chi connectivity index (χ4n) is 2.82. The van der Waals surface area contributed by atoms with E-state index in [1.54, 1.807) is 16.5 Å². The van der Waals surface area contributed by atoms with Crippen molar-refractivity contribution < 1.29 is 14.3 Å². The van der Waals surface area contributed by atoms with Gasteiger partial charge in [0.2, 0.25) is 0 Å². The number of carbonyl (C=O) groups excluding carboxylic acids is 1. The van der Waals surface area contributed by atoms with Crippen molar-refractivity contribution >= 4 is 28.8 Å². The molecule has 0 bridgehead atoms. The number of aromatic nitrogens is 2. The van der Waals surface area contributed by atoms with Gasteiger partial charge in [0.25, 0.3) is 5.91 Å². The highest BCUT2D eigenvalue weighted by molar-refractivity contribution is 6.32. The molecule has 0 radical (unpaired) electrons. The number of hydrogen-bond acceptors (Lipinski definition) is 4. The third-order valence-electron chi connectivity index (χ3n) is 4.13. The van der Waals surface area contributed by atoms with Crippen molar-refractivity contribution in [2.24, 2.45) is 0 Å². The fourth-order valence-corrected chi connectivity index (χ4v) is 3.05. The Bertz CT molecular complexity index is 982. The van der Waals surface area contributed by atoms with Crippen LogP contribution in [0.4, 0.5) is 5.69 Å². The van der Waals surface area contributed by atoms with Crippen LogP contribution in [0.1, 0.15) is 28.7 Å². The van der Waals surface area contributed by atoms with Crippen molar-refractivity contribution in [1.29, 1.82) is 0 Å². The van der Waals surface area contributed by atoms with Crippen LogP contribution >= 0.6 is 11.6 Å². The SMILES string of the molecule is CCc1nc2cc(C)ccn2c1C(=O)Nc1cc(OC)c(Cl)cc1OC.